The van der Waals surface area contributed by atoms with Crippen molar-refractivity contribution in [2.24, 2.45) is 0 Å². The average Bonchev–Trinajstić information content (AvgIpc) is 2.96. The SMILES string of the molecule is COc1ccccc1N1CC[C@H](NC(=O)Cc2ccncc2)C1=O. The molecule has 6 nitrogen and oxygen atoms in total. The van der Waals surface area contributed by atoms with Gasteiger partial charge in [-0.15, -0.1) is 0 Å². The predicted octanol–water partition coefficient (Wildman–Crippen LogP) is 1.55. The Morgan fingerprint density at radius 2 is 2.04 bits per heavy atom. The third-order valence-corrected chi connectivity index (χ3v) is 4.03. The maximum atomic E-state index is 12.6. The van der Waals surface area contributed by atoms with Crippen molar-refractivity contribution in [1.29, 1.82) is 0 Å². The molecule has 24 heavy (non-hydrogen) atoms. The van der Waals surface area contributed by atoms with E-state index in [0.29, 0.717) is 18.7 Å². The van der Waals surface area contributed by atoms with Crippen molar-refractivity contribution in [1.82, 2.24) is 10.3 Å². The maximum absolute atomic E-state index is 12.6. The lowest BCUT2D eigenvalue weighted by Crippen LogP contribution is -2.42. The Morgan fingerprint density at radius 3 is 2.79 bits per heavy atom. The van der Waals surface area contributed by atoms with Gasteiger partial charge in [0.2, 0.25) is 11.8 Å². The fourth-order valence-electron chi connectivity index (χ4n) is 2.84. The molecule has 0 bridgehead atoms. The number of amides is 2. The van der Waals surface area contributed by atoms with Gasteiger partial charge in [0.15, 0.2) is 0 Å². The zero-order valence-corrected chi connectivity index (χ0v) is 13.4. The van der Waals surface area contributed by atoms with Gasteiger partial charge in [-0.1, -0.05) is 12.1 Å². The second-order valence-corrected chi connectivity index (χ2v) is 5.60. The van der Waals surface area contributed by atoms with Gasteiger partial charge >= 0.3 is 0 Å². The maximum Gasteiger partial charge on any atom is 0.249 e. The number of para-hydroxylation sites is 2. The summed E-state index contributed by atoms with van der Waals surface area (Å²) < 4.78 is 5.31. The van der Waals surface area contributed by atoms with Crippen LogP contribution in [0, 0.1) is 0 Å². The Morgan fingerprint density at radius 1 is 1.29 bits per heavy atom. The summed E-state index contributed by atoms with van der Waals surface area (Å²) in [6, 6.07) is 10.5. The lowest BCUT2D eigenvalue weighted by atomic mass is 10.1. The lowest BCUT2D eigenvalue weighted by molar-refractivity contribution is -0.126. The molecule has 1 aromatic carbocycles. The fourth-order valence-corrected chi connectivity index (χ4v) is 2.84. The van der Waals surface area contributed by atoms with Crippen molar-refractivity contribution in [2.75, 3.05) is 18.6 Å². The molecule has 1 saturated heterocycles. The van der Waals surface area contributed by atoms with Crippen molar-refractivity contribution in [2.45, 2.75) is 18.9 Å². The van der Waals surface area contributed by atoms with E-state index in [4.69, 9.17) is 4.74 Å². The number of carbonyl (C=O) groups excluding carboxylic acids is 2. The number of ether oxygens (including phenoxy) is 1. The second-order valence-electron chi connectivity index (χ2n) is 5.60. The first kappa shape index (κ1) is 16.0. The van der Waals surface area contributed by atoms with Crippen molar-refractivity contribution >= 4 is 17.5 Å². The first-order valence-electron chi connectivity index (χ1n) is 7.81. The molecule has 0 saturated carbocycles. The number of carbonyl (C=O) groups is 2. The number of rotatable bonds is 5. The molecule has 2 amide bonds. The topological polar surface area (TPSA) is 71.5 Å². The molecular formula is C18H19N3O3. The highest BCUT2D eigenvalue weighted by Crippen LogP contribution is 2.30. The van der Waals surface area contributed by atoms with Crippen LogP contribution in [0.25, 0.3) is 0 Å². The van der Waals surface area contributed by atoms with Crippen LogP contribution in [-0.4, -0.2) is 36.5 Å². The van der Waals surface area contributed by atoms with Crippen LogP contribution < -0.4 is 15.0 Å². The number of aromatic nitrogens is 1. The molecule has 0 aliphatic carbocycles. The van der Waals surface area contributed by atoms with Gasteiger partial charge in [0.05, 0.1) is 19.2 Å². The van der Waals surface area contributed by atoms with Crippen LogP contribution >= 0.6 is 0 Å². The number of methoxy groups -OCH3 is 1. The molecule has 3 rings (SSSR count). The van der Waals surface area contributed by atoms with Crippen molar-refractivity contribution in [3.05, 3.63) is 54.4 Å². The normalized spacial score (nSPS) is 17.0. The van der Waals surface area contributed by atoms with Crippen LogP contribution in [-0.2, 0) is 16.0 Å². The minimum atomic E-state index is -0.496. The molecule has 0 unspecified atom stereocenters. The minimum absolute atomic E-state index is 0.109. The van der Waals surface area contributed by atoms with Gasteiger partial charge in [-0.05, 0) is 36.2 Å². The van der Waals surface area contributed by atoms with Crippen molar-refractivity contribution in [3.63, 3.8) is 0 Å². The number of pyridine rings is 1. The molecule has 1 aliphatic rings. The third kappa shape index (κ3) is 3.37. The summed E-state index contributed by atoms with van der Waals surface area (Å²) in [7, 11) is 1.58. The average molecular weight is 325 g/mol. The summed E-state index contributed by atoms with van der Waals surface area (Å²) in [5, 5.41) is 2.82. The monoisotopic (exact) mass is 325 g/mol. The molecule has 1 aromatic heterocycles. The highest BCUT2D eigenvalue weighted by molar-refractivity contribution is 6.02. The number of nitrogens with zero attached hydrogens (tertiary/aromatic N) is 2. The van der Waals surface area contributed by atoms with Crippen LogP contribution in [0.2, 0.25) is 0 Å². The number of anilines is 1. The summed E-state index contributed by atoms with van der Waals surface area (Å²) >= 11 is 0. The van der Waals surface area contributed by atoms with E-state index >= 15 is 0 Å². The summed E-state index contributed by atoms with van der Waals surface area (Å²) in [5.74, 6) is 0.374. The largest absolute Gasteiger partial charge is 0.495 e. The Kier molecular flexibility index (Phi) is 4.74. The van der Waals surface area contributed by atoms with Crippen molar-refractivity contribution < 1.29 is 14.3 Å². The molecule has 6 heteroatoms. The van der Waals surface area contributed by atoms with E-state index in [-0.39, 0.29) is 18.2 Å². The summed E-state index contributed by atoms with van der Waals surface area (Å²) in [5.41, 5.74) is 1.60. The number of benzene rings is 1. The van der Waals surface area contributed by atoms with Crippen LogP contribution in [0.15, 0.2) is 48.8 Å². The number of hydrogen-bond acceptors (Lipinski definition) is 4. The molecule has 2 aromatic rings. The van der Waals surface area contributed by atoms with Crippen LogP contribution in [0.3, 0.4) is 0 Å². The highest BCUT2D eigenvalue weighted by atomic mass is 16.5. The Balaban J connectivity index is 1.65. The smallest absolute Gasteiger partial charge is 0.249 e. The second kappa shape index (κ2) is 7.12. The standard InChI is InChI=1S/C18H19N3O3/c1-24-16-5-3-2-4-15(16)21-11-8-14(18(21)23)20-17(22)12-13-6-9-19-10-7-13/h2-7,9-10,14H,8,11-12H2,1H3,(H,20,22)/t14-/m0/s1. The van der Waals surface area contributed by atoms with Gasteiger partial charge in [0, 0.05) is 18.9 Å². The van der Waals surface area contributed by atoms with E-state index in [9.17, 15) is 9.59 Å². The zero-order valence-electron chi connectivity index (χ0n) is 13.4. The molecule has 124 valence electrons. The lowest BCUT2D eigenvalue weighted by Gasteiger charge is -2.19. The van der Waals surface area contributed by atoms with E-state index < -0.39 is 6.04 Å². The van der Waals surface area contributed by atoms with Gasteiger partial charge < -0.3 is 15.0 Å². The van der Waals surface area contributed by atoms with E-state index in [2.05, 4.69) is 10.3 Å². The van der Waals surface area contributed by atoms with Crippen LogP contribution in [0.1, 0.15) is 12.0 Å². The van der Waals surface area contributed by atoms with Crippen LogP contribution in [0.5, 0.6) is 5.75 Å². The molecule has 2 heterocycles. The van der Waals surface area contributed by atoms with E-state index in [0.717, 1.165) is 11.3 Å². The molecule has 1 atom stereocenters. The van der Waals surface area contributed by atoms with Crippen LogP contribution in [0.4, 0.5) is 5.69 Å². The molecule has 1 aliphatic heterocycles. The quantitative estimate of drug-likeness (QED) is 0.905. The Hall–Kier alpha value is -2.89. The van der Waals surface area contributed by atoms with Gasteiger partial charge in [-0.25, -0.2) is 0 Å². The molecule has 0 spiro atoms. The van der Waals surface area contributed by atoms with Gasteiger partial charge in [0.1, 0.15) is 11.8 Å². The number of hydrogen-bond donors (Lipinski definition) is 1. The summed E-state index contributed by atoms with van der Waals surface area (Å²) in [4.78, 5) is 30.3. The number of nitrogens with one attached hydrogen (secondary N) is 1. The third-order valence-electron chi connectivity index (χ3n) is 4.03. The van der Waals surface area contributed by atoms with Gasteiger partial charge in [-0.2, -0.15) is 0 Å². The summed E-state index contributed by atoms with van der Waals surface area (Å²) in [6.07, 6.45) is 4.11. The summed E-state index contributed by atoms with van der Waals surface area (Å²) in [6.45, 7) is 0.555. The Bertz CT molecular complexity index is 733. The van der Waals surface area contributed by atoms with Crippen molar-refractivity contribution in [3.8, 4) is 5.75 Å². The fraction of sp³-hybridized carbons (Fsp3) is 0.278. The first-order chi connectivity index (χ1) is 11.7. The first-order valence-corrected chi connectivity index (χ1v) is 7.81. The predicted molar refractivity (Wildman–Crippen MR) is 89.8 cm³/mol. The van der Waals surface area contributed by atoms with E-state index in [1.165, 1.54) is 0 Å². The van der Waals surface area contributed by atoms with E-state index in [1.54, 1.807) is 36.5 Å². The zero-order chi connectivity index (χ0) is 16.9. The molecule has 0 radical (unpaired) electrons. The Labute approximate surface area is 140 Å². The highest BCUT2D eigenvalue weighted by Gasteiger charge is 2.34. The van der Waals surface area contributed by atoms with E-state index in [1.807, 2.05) is 24.3 Å². The molecular weight excluding hydrogens is 306 g/mol. The van der Waals surface area contributed by atoms with Gasteiger partial charge in [-0.3, -0.25) is 14.6 Å². The molecule has 1 fully saturated rings. The molecule has 1 N–H and O–H groups in total. The minimum Gasteiger partial charge on any atom is -0.495 e. The van der Waals surface area contributed by atoms with Gasteiger partial charge in [0.25, 0.3) is 0 Å².